The molecular weight excluding hydrogens is 289 g/mol. The summed E-state index contributed by atoms with van der Waals surface area (Å²) in [4.78, 5) is 22.8. The maximum Gasteiger partial charge on any atom is 0.352 e. The maximum absolute atomic E-state index is 11.8. The molecule has 0 aliphatic rings. The second-order valence-corrected chi connectivity index (χ2v) is 4.72. The minimum atomic E-state index is -1.16. The predicted molar refractivity (Wildman–Crippen MR) is 73.2 cm³/mol. The molecule has 19 heavy (non-hydrogen) atoms. The monoisotopic (exact) mass is 297 g/mol. The van der Waals surface area contributed by atoms with Crippen molar-refractivity contribution in [2.24, 2.45) is 0 Å². The molecule has 0 saturated heterocycles. The number of rotatable bonds is 3. The third kappa shape index (κ3) is 2.97. The van der Waals surface area contributed by atoms with E-state index in [-0.39, 0.29) is 12.2 Å². The maximum atomic E-state index is 11.8. The number of carboxylic acid groups (broad SMARTS) is 1. The molecular formula is C13H9Cl2NO3. The fraction of sp³-hybridized carbons (Fsp3) is 0.0769. The van der Waals surface area contributed by atoms with E-state index >= 15 is 0 Å². The Labute approximate surface area is 118 Å². The summed E-state index contributed by atoms with van der Waals surface area (Å²) in [5.74, 6) is -1.16. The summed E-state index contributed by atoms with van der Waals surface area (Å²) in [6.07, 6.45) is 0. The molecule has 1 N–H and O–H groups in total. The number of nitrogens with zero attached hydrogens (tertiary/aromatic N) is 1. The molecule has 0 atom stereocenters. The molecule has 0 saturated carbocycles. The summed E-state index contributed by atoms with van der Waals surface area (Å²) < 4.78 is 1.15. The van der Waals surface area contributed by atoms with Crippen LogP contribution in [0.25, 0.3) is 0 Å². The van der Waals surface area contributed by atoms with Gasteiger partial charge in [0.15, 0.2) is 0 Å². The predicted octanol–water partition coefficient (Wildman–Crippen LogP) is 2.90. The number of aromatic carboxylic acids is 1. The Hall–Kier alpha value is -1.78. The molecule has 6 heteroatoms. The summed E-state index contributed by atoms with van der Waals surface area (Å²) >= 11 is 11.8. The topological polar surface area (TPSA) is 59.3 Å². The van der Waals surface area contributed by atoms with Crippen molar-refractivity contribution in [3.05, 3.63) is 68.1 Å². The average molecular weight is 298 g/mol. The SMILES string of the molecule is O=C(O)c1cccc(=O)n1Cc1ccc(Cl)cc1Cl. The molecule has 1 heterocycles. The lowest BCUT2D eigenvalue weighted by molar-refractivity contribution is 0.0684. The molecule has 0 radical (unpaired) electrons. The number of carboxylic acids is 1. The molecule has 1 aromatic carbocycles. The van der Waals surface area contributed by atoms with E-state index in [0.29, 0.717) is 15.6 Å². The van der Waals surface area contributed by atoms with Gasteiger partial charge >= 0.3 is 5.97 Å². The van der Waals surface area contributed by atoms with Crippen molar-refractivity contribution in [1.82, 2.24) is 4.57 Å². The number of pyridine rings is 1. The highest BCUT2D eigenvalue weighted by atomic mass is 35.5. The highest BCUT2D eigenvalue weighted by molar-refractivity contribution is 6.35. The average Bonchev–Trinajstić information content (AvgIpc) is 2.34. The van der Waals surface area contributed by atoms with E-state index in [1.807, 2.05) is 0 Å². The van der Waals surface area contributed by atoms with Crippen LogP contribution in [0, 0.1) is 0 Å². The van der Waals surface area contributed by atoms with E-state index in [9.17, 15) is 9.59 Å². The van der Waals surface area contributed by atoms with Crippen molar-refractivity contribution < 1.29 is 9.90 Å². The third-order valence-corrected chi connectivity index (χ3v) is 3.20. The van der Waals surface area contributed by atoms with Crippen LogP contribution in [0.3, 0.4) is 0 Å². The normalized spacial score (nSPS) is 10.4. The minimum absolute atomic E-state index is 0.0807. The van der Waals surface area contributed by atoms with Crippen molar-refractivity contribution in [3.63, 3.8) is 0 Å². The number of hydrogen-bond donors (Lipinski definition) is 1. The van der Waals surface area contributed by atoms with Gasteiger partial charge in [0.05, 0.1) is 6.54 Å². The Balaban J connectivity index is 2.49. The molecule has 0 spiro atoms. The summed E-state index contributed by atoms with van der Waals surface area (Å²) in [6.45, 7) is 0.0807. The van der Waals surface area contributed by atoms with Gasteiger partial charge in [0.25, 0.3) is 5.56 Å². The number of benzene rings is 1. The van der Waals surface area contributed by atoms with Crippen LogP contribution in [0.1, 0.15) is 16.1 Å². The zero-order chi connectivity index (χ0) is 14.0. The van der Waals surface area contributed by atoms with Crippen molar-refractivity contribution in [3.8, 4) is 0 Å². The lowest BCUT2D eigenvalue weighted by Gasteiger charge is -2.10. The Morgan fingerprint density at radius 2 is 1.95 bits per heavy atom. The molecule has 0 fully saturated rings. The molecule has 0 bridgehead atoms. The Morgan fingerprint density at radius 3 is 2.58 bits per heavy atom. The van der Waals surface area contributed by atoms with Crippen LogP contribution in [0.4, 0.5) is 0 Å². The number of carbonyl (C=O) groups is 1. The van der Waals surface area contributed by atoms with E-state index < -0.39 is 11.5 Å². The quantitative estimate of drug-likeness (QED) is 0.947. The van der Waals surface area contributed by atoms with Crippen LogP contribution >= 0.6 is 23.2 Å². The summed E-state index contributed by atoms with van der Waals surface area (Å²) in [6, 6.07) is 8.93. The van der Waals surface area contributed by atoms with Gasteiger partial charge in [-0.3, -0.25) is 9.36 Å². The van der Waals surface area contributed by atoms with Gasteiger partial charge in [-0.05, 0) is 23.8 Å². The van der Waals surface area contributed by atoms with Gasteiger partial charge in [-0.2, -0.15) is 0 Å². The zero-order valence-corrected chi connectivity index (χ0v) is 11.1. The molecule has 0 aliphatic heterocycles. The van der Waals surface area contributed by atoms with Gasteiger partial charge in [0.1, 0.15) is 5.69 Å². The van der Waals surface area contributed by atoms with Gasteiger partial charge in [-0.1, -0.05) is 35.3 Å². The molecule has 2 aromatic rings. The fourth-order valence-corrected chi connectivity index (χ4v) is 2.16. The minimum Gasteiger partial charge on any atom is -0.477 e. The van der Waals surface area contributed by atoms with E-state index in [4.69, 9.17) is 28.3 Å². The standard InChI is InChI=1S/C13H9Cl2NO3/c14-9-5-4-8(10(15)6-9)7-16-11(13(18)19)2-1-3-12(16)17/h1-6H,7H2,(H,18,19). The Bertz CT molecular complexity index is 695. The Morgan fingerprint density at radius 1 is 1.21 bits per heavy atom. The molecule has 0 amide bonds. The van der Waals surface area contributed by atoms with Crippen LogP contribution in [0.2, 0.25) is 10.0 Å². The third-order valence-electron chi connectivity index (χ3n) is 2.61. The van der Waals surface area contributed by atoms with Crippen LogP contribution in [-0.2, 0) is 6.54 Å². The first-order valence-electron chi connectivity index (χ1n) is 5.36. The number of aromatic nitrogens is 1. The second kappa shape index (κ2) is 5.47. The van der Waals surface area contributed by atoms with Gasteiger partial charge in [-0.15, -0.1) is 0 Å². The second-order valence-electron chi connectivity index (χ2n) is 3.88. The lowest BCUT2D eigenvalue weighted by Crippen LogP contribution is -2.25. The van der Waals surface area contributed by atoms with Gasteiger partial charge in [-0.25, -0.2) is 4.79 Å². The van der Waals surface area contributed by atoms with Crippen LogP contribution < -0.4 is 5.56 Å². The molecule has 4 nitrogen and oxygen atoms in total. The van der Waals surface area contributed by atoms with E-state index in [1.165, 1.54) is 18.2 Å². The van der Waals surface area contributed by atoms with Crippen molar-refractivity contribution in [2.75, 3.05) is 0 Å². The summed E-state index contributed by atoms with van der Waals surface area (Å²) in [5, 5.41) is 9.94. The largest absolute Gasteiger partial charge is 0.477 e. The van der Waals surface area contributed by atoms with E-state index in [0.717, 1.165) is 4.57 Å². The smallest absolute Gasteiger partial charge is 0.352 e. The van der Waals surface area contributed by atoms with Gasteiger partial charge < -0.3 is 5.11 Å². The highest BCUT2D eigenvalue weighted by Crippen LogP contribution is 2.21. The van der Waals surface area contributed by atoms with Crippen LogP contribution in [-0.4, -0.2) is 15.6 Å². The Kier molecular flexibility index (Phi) is 3.93. The zero-order valence-electron chi connectivity index (χ0n) is 9.64. The van der Waals surface area contributed by atoms with Crippen molar-refractivity contribution in [2.45, 2.75) is 6.54 Å². The van der Waals surface area contributed by atoms with Crippen molar-refractivity contribution in [1.29, 1.82) is 0 Å². The lowest BCUT2D eigenvalue weighted by atomic mass is 10.2. The summed E-state index contributed by atoms with van der Waals surface area (Å²) in [5.41, 5.74) is 0.145. The van der Waals surface area contributed by atoms with Gasteiger partial charge in [0.2, 0.25) is 0 Å². The van der Waals surface area contributed by atoms with Crippen molar-refractivity contribution >= 4 is 29.2 Å². The molecule has 2 rings (SSSR count). The number of hydrogen-bond acceptors (Lipinski definition) is 2. The fourth-order valence-electron chi connectivity index (χ4n) is 1.69. The van der Waals surface area contributed by atoms with Crippen LogP contribution in [0.15, 0.2) is 41.2 Å². The first-order chi connectivity index (χ1) is 8.99. The highest BCUT2D eigenvalue weighted by Gasteiger charge is 2.12. The first kappa shape index (κ1) is 13.6. The van der Waals surface area contributed by atoms with E-state index in [2.05, 4.69) is 0 Å². The first-order valence-corrected chi connectivity index (χ1v) is 6.11. The molecule has 0 aliphatic carbocycles. The van der Waals surface area contributed by atoms with Gasteiger partial charge in [0, 0.05) is 16.1 Å². The van der Waals surface area contributed by atoms with E-state index in [1.54, 1.807) is 18.2 Å². The molecule has 98 valence electrons. The molecule has 0 unspecified atom stereocenters. The number of halogens is 2. The molecule has 1 aromatic heterocycles. The summed E-state index contributed by atoms with van der Waals surface area (Å²) in [7, 11) is 0. The van der Waals surface area contributed by atoms with Crippen LogP contribution in [0.5, 0.6) is 0 Å².